The van der Waals surface area contributed by atoms with E-state index in [1.807, 2.05) is 0 Å². The van der Waals surface area contributed by atoms with E-state index in [4.69, 9.17) is 0 Å². The van der Waals surface area contributed by atoms with Gasteiger partial charge in [-0.25, -0.2) is 0 Å². The number of rotatable bonds is 2. The van der Waals surface area contributed by atoms with Crippen LogP contribution in [0.1, 0.15) is 106 Å². The maximum atomic E-state index is 14.8. The fourth-order valence-electron chi connectivity index (χ4n) is 11.3. The monoisotopic (exact) mass is 456 g/mol. The minimum Gasteiger partial charge on any atom is -0.299 e. The average Bonchev–Trinajstić information content (AvgIpc) is 3.13. The second-order valence-corrected chi connectivity index (χ2v) is 14.3. The van der Waals surface area contributed by atoms with Crippen LogP contribution in [0.15, 0.2) is 12.2 Å². The lowest BCUT2D eigenvalue weighted by atomic mass is 9.32. The van der Waals surface area contributed by atoms with Crippen molar-refractivity contribution in [2.24, 2.45) is 56.7 Å². The number of fused-ring (bicyclic) bond motifs is 7. The molecular formula is C30H45FO2. The highest BCUT2D eigenvalue weighted by Gasteiger charge is 2.72. The van der Waals surface area contributed by atoms with Crippen LogP contribution in [0, 0.1) is 56.7 Å². The molecule has 0 aliphatic heterocycles. The zero-order valence-electron chi connectivity index (χ0n) is 21.9. The quantitative estimate of drug-likeness (QED) is 0.315. The number of hydrogen-bond donors (Lipinski definition) is 0. The van der Waals surface area contributed by atoms with Crippen LogP contribution in [0.2, 0.25) is 0 Å². The molecule has 0 amide bonds. The summed E-state index contributed by atoms with van der Waals surface area (Å²) in [4.78, 5) is 25.4. The van der Waals surface area contributed by atoms with Crippen LogP contribution in [-0.4, -0.2) is 11.8 Å². The molecule has 5 fully saturated rings. The van der Waals surface area contributed by atoms with Crippen molar-refractivity contribution in [3.8, 4) is 0 Å². The van der Waals surface area contributed by atoms with Gasteiger partial charge < -0.3 is 0 Å². The van der Waals surface area contributed by atoms with Crippen LogP contribution in [0.3, 0.4) is 0 Å². The topological polar surface area (TPSA) is 34.1 Å². The van der Waals surface area contributed by atoms with E-state index in [1.54, 1.807) is 0 Å². The number of halogens is 1. The molecule has 0 unspecified atom stereocenters. The van der Waals surface area contributed by atoms with Crippen molar-refractivity contribution in [3.05, 3.63) is 12.2 Å². The Morgan fingerprint density at radius 3 is 2.21 bits per heavy atom. The Kier molecular flexibility index (Phi) is 5.06. The molecule has 0 N–H and O–H groups in total. The van der Waals surface area contributed by atoms with Gasteiger partial charge in [-0.2, -0.15) is 4.39 Å². The van der Waals surface area contributed by atoms with Crippen LogP contribution in [-0.2, 0) is 9.59 Å². The molecule has 0 spiro atoms. The van der Waals surface area contributed by atoms with E-state index in [1.165, 1.54) is 0 Å². The molecule has 5 aliphatic rings. The third-order valence-corrected chi connectivity index (χ3v) is 13.2. The van der Waals surface area contributed by atoms with Crippen molar-refractivity contribution < 1.29 is 14.0 Å². The van der Waals surface area contributed by atoms with Gasteiger partial charge >= 0.3 is 6.04 Å². The summed E-state index contributed by atoms with van der Waals surface area (Å²) in [7, 11) is 0. The highest BCUT2D eigenvalue weighted by atomic mass is 19.1. The van der Waals surface area contributed by atoms with Crippen LogP contribution in [0.25, 0.3) is 0 Å². The first-order chi connectivity index (χ1) is 15.3. The third kappa shape index (κ3) is 2.72. The molecule has 0 aromatic carbocycles. The molecule has 0 saturated heterocycles. The van der Waals surface area contributed by atoms with Crippen molar-refractivity contribution in [2.75, 3.05) is 0 Å². The fourth-order valence-corrected chi connectivity index (χ4v) is 11.3. The molecular weight excluding hydrogens is 411 g/mol. The molecule has 2 nitrogen and oxygen atoms in total. The largest absolute Gasteiger partial charge is 0.307 e. The summed E-state index contributed by atoms with van der Waals surface area (Å²) in [5, 5.41) is 0. The smallest absolute Gasteiger partial charge is 0.299 e. The summed E-state index contributed by atoms with van der Waals surface area (Å²) in [6.07, 6.45) is 9.54. The number of Topliss-reactive ketones (excluding diaryl/α,β-unsaturated/α-hetero) is 1. The van der Waals surface area contributed by atoms with E-state index >= 15 is 0 Å². The van der Waals surface area contributed by atoms with Crippen molar-refractivity contribution in [3.63, 3.8) is 0 Å². The summed E-state index contributed by atoms with van der Waals surface area (Å²) < 4.78 is 14.8. The predicted molar refractivity (Wildman–Crippen MR) is 130 cm³/mol. The van der Waals surface area contributed by atoms with E-state index in [9.17, 15) is 14.0 Å². The van der Waals surface area contributed by atoms with Crippen molar-refractivity contribution in [2.45, 2.75) is 106 Å². The first kappa shape index (κ1) is 23.7. The van der Waals surface area contributed by atoms with Crippen LogP contribution < -0.4 is 0 Å². The Balaban J connectivity index is 1.57. The molecule has 0 heterocycles. The number of carbonyl (C=O) groups is 2. The maximum absolute atomic E-state index is 14.8. The summed E-state index contributed by atoms with van der Waals surface area (Å²) in [6.45, 7) is 18.3. The summed E-state index contributed by atoms with van der Waals surface area (Å²) in [5.41, 5.74) is 0.611. The second-order valence-electron chi connectivity index (χ2n) is 14.3. The molecule has 33 heavy (non-hydrogen) atoms. The average molecular weight is 457 g/mol. The van der Waals surface area contributed by atoms with Gasteiger partial charge in [0, 0.05) is 11.8 Å². The second kappa shape index (κ2) is 7.03. The standard InChI is InChI=1S/C30H45FO2/c1-18(2)19-10-15-30(25(31)33)17-16-28(6)20(24(19)30)8-9-22-27(5)13-12-23(32)26(3,4)21(27)11-14-29(22,28)7/h19-22,24H,1,8-17H2,2-7H3/t19-,20+,21-,22+,24+,27-,28+,29+,30-/m0/s1. The third-order valence-electron chi connectivity index (χ3n) is 13.2. The van der Waals surface area contributed by atoms with E-state index in [0.717, 1.165) is 50.5 Å². The Bertz CT molecular complexity index is 905. The molecule has 0 aromatic rings. The van der Waals surface area contributed by atoms with Gasteiger partial charge in [0.2, 0.25) is 0 Å². The van der Waals surface area contributed by atoms with Gasteiger partial charge in [0.1, 0.15) is 5.78 Å². The zero-order valence-corrected chi connectivity index (χ0v) is 21.9. The van der Waals surface area contributed by atoms with Crippen LogP contribution >= 0.6 is 0 Å². The Labute approximate surface area is 200 Å². The minimum atomic E-state index is -1.05. The summed E-state index contributed by atoms with van der Waals surface area (Å²) in [5.74, 6) is 2.26. The lowest BCUT2D eigenvalue weighted by molar-refractivity contribution is -0.234. The highest BCUT2D eigenvalue weighted by molar-refractivity contribution is 5.85. The summed E-state index contributed by atoms with van der Waals surface area (Å²) in [6, 6.07) is -1.05. The van der Waals surface area contributed by atoms with Gasteiger partial charge in [-0.3, -0.25) is 9.59 Å². The Hall–Kier alpha value is -0.990. The van der Waals surface area contributed by atoms with Gasteiger partial charge in [-0.15, -0.1) is 0 Å². The Morgan fingerprint density at radius 2 is 1.58 bits per heavy atom. The van der Waals surface area contributed by atoms with Gasteiger partial charge in [0.25, 0.3) is 0 Å². The first-order valence-electron chi connectivity index (χ1n) is 13.6. The van der Waals surface area contributed by atoms with Gasteiger partial charge in [-0.1, -0.05) is 46.8 Å². The minimum absolute atomic E-state index is 0.108. The highest BCUT2D eigenvalue weighted by Crippen LogP contribution is 2.77. The molecule has 3 heteroatoms. The fraction of sp³-hybridized carbons (Fsp3) is 0.867. The van der Waals surface area contributed by atoms with E-state index in [0.29, 0.717) is 42.8 Å². The lowest BCUT2D eigenvalue weighted by Gasteiger charge is -2.72. The number of hydrogen-bond acceptors (Lipinski definition) is 2. The van der Waals surface area contributed by atoms with Gasteiger partial charge in [0.05, 0.1) is 5.41 Å². The lowest BCUT2D eigenvalue weighted by Crippen LogP contribution is -2.66. The molecule has 0 radical (unpaired) electrons. The van der Waals surface area contributed by atoms with Crippen LogP contribution in [0.5, 0.6) is 0 Å². The molecule has 5 saturated carbocycles. The van der Waals surface area contributed by atoms with E-state index in [-0.39, 0.29) is 33.5 Å². The van der Waals surface area contributed by atoms with Crippen LogP contribution in [0.4, 0.5) is 4.39 Å². The predicted octanol–water partition coefficient (Wildman–Crippen LogP) is 7.71. The number of allylic oxidation sites excluding steroid dienone is 1. The van der Waals surface area contributed by atoms with Gasteiger partial charge in [-0.05, 0) is 111 Å². The molecule has 5 rings (SSSR count). The van der Waals surface area contributed by atoms with Crippen molar-refractivity contribution >= 4 is 11.8 Å². The zero-order chi connectivity index (χ0) is 24.2. The van der Waals surface area contributed by atoms with Gasteiger partial charge in [0.15, 0.2) is 0 Å². The number of ketones is 1. The number of carbonyl (C=O) groups excluding carboxylic acids is 2. The van der Waals surface area contributed by atoms with E-state index in [2.05, 4.69) is 48.1 Å². The molecule has 0 aromatic heterocycles. The molecule has 184 valence electrons. The van der Waals surface area contributed by atoms with Crippen molar-refractivity contribution in [1.82, 2.24) is 0 Å². The Morgan fingerprint density at radius 1 is 0.879 bits per heavy atom. The normalized spacial score (nSPS) is 52.8. The molecule has 5 aliphatic carbocycles. The van der Waals surface area contributed by atoms with E-state index < -0.39 is 11.5 Å². The summed E-state index contributed by atoms with van der Waals surface area (Å²) >= 11 is 0. The molecule has 0 bridgehead atoms. The SMILES string of the molecule is C=C(C)[C@@H]1CC[C@]2(C(=O)F)CC[C@]3(C)[C@H](CC[C@@H]4[C@@]5(C)CCC(=O)C(C)(C)[C@@H]5CC[C@]43C)[C@@H]12. The maximum Gasteiger partial charge on any atom is 0.307 e. The first-order valence-corrected chi connectivity index (χ1v) is 13.6. The van der Waals surface area contributed by atoms with Crippen molar-refractivity contribution in [1.29, 1.82) is 0 Å². The molecule has 9 atom stereocenters.